The van der Waals surface area contributed by atoms with Gasteiger partial charge in [0.25, 0.3) is 0 Å². The average Bonchev–Trinajstić information content (AvgIpc) is 1.62. The fraction of sp³-hybridized carbons (Fsp3) is 0. The van der Waals surface area contributed by atoms with Crippen LogP contribution in [0.5, 0.6) is 0 Å². The first-order chi connectivity index (χ1) is 3.48. The SMILES string of the molecule is O=C(OO)S(=O)(=O)O. The Morgan fingerprint density at radius 3 is 1.88 bits per heavy atom. The van der Waals surface area contributed by atoms with E-state index < -0.39 is 15.4 Å². The van der Waals surface area contributed by atoms with E-state index in [-0.39, 0.29) is 0 Å². The highest BCUT2D eigenvalue weighted by atomic mass is 32.2. The van der Waals surface area contributed by atoms with Crippen LogP contribution in [0, 0.1) is 0 Å². The molecule has 7 heteroatoms. The number of hydrogen-bond donors (Lipinski definition) is 2. The summed E-state index contributed by atoms with van der Waals surface area (Å²) in [5.41, 5.74) is 0. The van der Waals surface area contributed by atoms with Crippen LogP contribution < -0.4 is 0 Å². The summed E-state index contributed by atoms with van der Waals surface area (Å²) in [6.07, 6.45) is 0. The lowest BCUT2D eigenvalue weighted by Crippen LogP contribution is -2.12. The molecule has 0 aromatic carbocycles. The van der Waals surface area contributed by atoms with E-state index in [4.69, 9.17) is 9.81 Å². The van der Waals surface area contributed by atoms with Gasteiger partial charge in [-0.2, -0.15) is 13.7 Å². The third-order valence-electron chi connectivity index (χ3n) is 0.285. The number of hydrogen-bond acceptors (Lipinski definition) is 5. The van der Waals surface area contributed by atoms with E-state index in [2.05, 4.69) is 4.89 Å². The average molecular weight is 142 g/mol. The van der Waals surface area contributed by atoms with Gasteiger partial charge in [-0.05, 0) is 0 Å². The lowest BCUT2D eigenvalue weighted by atomic mass is 11.6. The number of rotatable bonds is 0. The summed E-state index contributed by atoms with van der Waals surface area (Å²) in [7, 11) is -4.86. The molecule has 0 atom stereocenters. The first-order valence-corrected chi connectivity index (χ1v) is 2.75. The Morgan fingerprint density at radius 2 is 1.88 bits per heavy atom. The molecule has 0 saturated carbocycles. The van der Waals surface area contributed by atoms with Crippen molar-refractivity contribution in [3.63, 3.8) is 0 Å². The first-order valence-electron chi connectivity index (χ1n) is 1.31. The smallest absolute Gasteiger partial charge is 0.282 e. The molecule has 0 aliphatic carbocycles. The van der Waals surface area contributed by atoms with E-state index >= 15 is 0 Å². The summed E-state index contributed by atoms with van der Waals surface area (Å²) < 4.78 is 26.6. The monoisotopic (exact) mass is 142 g/mol. The maximum atomic E-state index is 9.52. The predicted octanol–water partition coefficient (Wildman–Crippen LogP) is -0.516. The zero-order valence-corrected chi connectivity index (χ0v) is 4.25. The minimum absolute atomic E-state index is 2.09. The van der Waals surface area contributed by atoms with Gasteiger partial charge in [-0.3, -0.25) is 9.44 Å². The van der Waals surface area contributed by atoms with Crippen LogP contribution in [0.15, 0.2) is 0 Å². The van der Waals surface area contributed by atoms with Gasteiger partial charge in [0, 0.05) is 0 Å². The molecule has 0 aromatic heterocycles. The molecular formula is CH2O6S. The molecule has 0 saturated heterocycles. The standard InChI is InChI=1S/CH2O6S/c2-1(7-3)8(4,5)6/h3H,(H,4,5,6). The quantitative estimate of drug-likeness (QED) is 0.268. The van der Waals surface area contributed by atoms with Crippen molar-refractivity contribution in [3.8, 4) is 0 Å². The van der Waals surface area contributed by atoms with E-state index in [9.17, 15) is 13.2 Å². The van der Waals surface area contributed by atoms with E-state index in [1.54, 1.807) is 0 Å². The van der Waals surface area contributed by atoms with Crippen molar-refractivity contribution in [2.45, 2.75) is 0 Å². The number of carbonyl (C=O) groups is 1. The van der Waals surface area contributed by atoms with Gasteiger partial charge in [0.2, 0.25) is 0 Å². The third-order valence-corrected chi connectivity index (χ3v) is 0.781. The summed E-state index contributed by atoms with van der Waals surface area (Å²) in [6.45, 7) is 0. The predicted molar refractivity (Wildman–Crippen MR) is 20.7 cm³/mol. The molecule has 2 N–H and O–H groups in total. The molecule has 48 valence electrons. The van der Waals surface area contributed by atoms with Crippen molar-refractivity contribution in [3.05, 3.63) is 0 Å². The fourth-order valence-corrected chi connectivity index (χ4v) is 0.141. The van der Waals surface area contributed by atoms with Gasteiger partial charge in [0.05, 0.1) is 0 Å². The van der Waals surface area contributed by atoms with Crippen LogP contribution in [0.4, 0.5) is 4.79 Å². The van der Waals surface area contributed by atoms with Crippen molar-refractivity contribution < 1.29 is 27.9 Å². The molecule has 0 spiro atoms. The third kappa shape index (κ3) is 1.87. The molecule has 6 nitrogen and oxygen atoms in total. The van der Waals surface area contributed by atoms with Crippen LogP contribution in [0.3, 0.4) is 0 Å². The highest BCUT2D eigenvalue weighted by molar-refractivity contribution is 8.00. The Bertz CT molecular complexity index is 175. The van der Waals surface area contributed by atoms with Crippen LogP contribution in [-0.2, 0) is 15.0 Å². The summed E-state index contributed by atoms with van der Waals surface area (Å²) in [5, 5.41) is 5.20. The summed E-state index contributed by atoms with van der Waals surface area (Å²) in [4.78, 5) is 12.2. The minimum Gasteiger partial charge on any atom is -0.282 e. The van der Waals surface area contributed by atoms with Crippen molar-refractivity contribution in [2.75, 3.05) is 0 Å². The molecule has 0 amide bonds. The lowest BCUT2D eigenvalue weighted by molar-refractivity contribution is -0.168. The fourth-order valence-electron chi connectivity index (χ4n) is 0.0471. The molecule has 0 aliphatic rings. The largest absolute Gasteiger partial charge is 0.482 e. The summed E-state index contributed by atoms with van der Waals surface area (Å²) in [6, 6.07) is 0. The maximum absolute atomic E-state index is 9.52. The molecule has 0 aliphatic heterocycles. The van der Waals surface area contributed by atoms with Crippen LogP contribution in [0.1, 0.15) is 0 Å². The zero-order valence-electron chi connectivity index (χ0n) is 3.44. The summed E-state index contributed by atoms with van der Waals surface area (Å²) in [5.74, 6) is 0. The van der Waals surface area contributed by atoms with Gasteiger partial charge in [-0.25, -0.2) is 4.79 Å². The van der Waals surface area contributed by atoms with Crippen LogP contribution in [0.25, 0.3) is 0 Å². The van der Waals surface area contributed by atoms with E-state index in [1.807, 2.05) is 0 Å². The van der Waals surface area contributed by atoms with Gasteiger partial charge < -0.3 is 0 Å². The molecule has 0 rings (SSSR count). The second kappa shape index (κ2) is 2.07. The minimum atomic E-state index is -4.86. The maximum Gasteiger partial charge on any atom is 0.482 e. The normalized spacial score (nSPS) is 10.8. The molecule has 0 bridgehead atoms. The second-order valence-corrected chi connectivity index (χ2v) is 2.10. The van der Waals surface area contributed by atoms with Crippen molar-refractivity contribution >= 4 is 15.4 Å². The van der Waals surface area contributed by atoms with E-state index in [1.165, 1.54) is 0 Å². The molecular weight excluding hydrogens is 140 g/mol. The highest BCUT2D eigenvalue weighted by Crippen LogP contribution is 1.85. The van der Waals surface area contributed by atoms with Crippen molar-refractivity contribution in [2.24, 2.45) is 0 Å². The lowest BCUT2D eigenvalue weighted by Gasteiger charge is -1.86. The molecule has 0 unspecified atom stereocenters. The summed E-state index contributed by atoms with van der Waals surface area (Å²) >= 11 is 0. The van der Waals surface area contributed by atoms with Crippen LogP contribution >= 0.6 is 0 Å². The van der Waals surface area contributed by atoms with E-state index in [0.717, 1.165) is 0 Å². The van der Waals surface area contributed by atoms with Gasteiger partial charge in [-0.15, -0.1) is 0 Å². The van der Waals surface area contributed by atoms with E-state index in [0.29, 0.717) is 0 Å². The Kier molecular flexibility index (Phi) is 1.90. The Balaban J connectivity index is 4.29. The number of carbonyl (C=O) groups excluding carboxylic acids is 1. The molecule has 8 heavy (non-hydrogen) atoms. The molecule has 0 radical (unpaired) electrons. The van der Waals surface area contributed by atoms with Gasteiger partial charge in [0.1, 0.15) is 0 Å². The first kappa shape index (κ1) is 7.34. The highest BCUT2D eigenvalue weighted by Gasteiger charge is 2.19. The van der Waals surface area contributed by atoms with Crippen LogP contribution in [0.2, 0.25) is 0 Å². The topological polar surface area (TPSA) is 101 Å². The van der Waals surface area contributed by atoms with Gasteiger partial charge in [0.15, 0.2) is 0 Å². The Hall–Kier alpha value is -0.660. The van der Waals surface area contributed by atoms with Gasteiger partial charge >= 0.3 is 15.4 Å². The van der Waals surface area contributed by atoms with Crippen molar-refractivity contribution in [1.29, 1.82) is 0 Å². The molecule has 0 fully saturated rings. The second-order valence-electron chi connectivity index (χ2n) is 0.816. The zero-order chi connectivity index (χ0) is 6.78. The molecule has 0 aromatic rings. The van der Waals surface area contributed by atoms with Gasteiger partial charge in [-0.1, -0.05) is 0 Å². The Morgan fingerprint density at radius 1 is 1.50 bits per heavy atom. The Labute approximate surface area is 44.4 Å². The van der Waals surface area contributed by atoms with Crippen molar-refractivity contribution in [1.82, 2.24) is 0 Å². The molecule has 0 heterocycles. The van der Waals surface area contributed by atoms with Crippen LogP contribution in [-0.4, -0.2) is 23.5 Å².